The molecule has 1 atom stereocenters. The number of carbonyl (C=O) groups excluding carboxylic acids is 1. The van der Waals surface area contributed by atoms with Gasteiger partial charge >= 0.3 is 0 Å². The number of pyridine rings is 1. The maximum Gasteiger partial charge on any atom is 0.274 e. The van der Waals surface area contributed by atoms with Crippen LogP contribution in [0.2, 0.25) is 0 Å². The molecule has 2 fully saturated rings. The van der Waals surface area contributed by atoms with E-state index in [2.05, 4.69) is 10.1 Å². The van der Waals surface area contributed by atoms with E-state index >= 15 is 0 Å². The van der Waals surface area contributed by atoms with Crippen molar-refractivity contribution in [3.8, 4) is 0 Å². The highest BCUT2D eigenvalue weighted by molar-refractivity contribution is 8.01. The van der Waals surface area contributed by atoms with Gasteiger partial charge in [0.05, 0.1) is 23.2 Å². The van der Waals surface area contributed by atoms with Gasteiger partial charge < -0.3 is 9.64 Å². The van der Waals surface area contributed by atoms with Crippen LogP contribution in [0.3, 0.4) is 0 Å². The number of thioether (sulfide) groups is 1. The zero-order valence-corrected chi connectivity index (χ0v) is 15.3. The molecule has 1 amide bonds. The van der Waals surface area contributed by atoms with Crippen LogP contribution in [0.4, 0.5) is 0 Å². The van der Waals surface area contributed by atoms with Crippen LogP contribution in [0.5, 0.6) is 0 Å². The Morgan fingerprint density at radius 3 is 2.96 bits per heavy atom. The van der Waals surface area contributed by atoms with Crippen LogP contribution in [0.15, 0.2) is 30.5 Å². The van der Waals surface area contributed by atoms with Gasteiger partial charge in [0.15, 0.2) is 0 Å². The highest BCUT2D eigenvalue weighted by Gasteiger charge is 2.51. The van der Waals surface area contributed by atoms with Crippen LogP contribution < -0.4 is 0 Å². The lowest BCUT2D eigenvalue weighted by atomic mass is 9.92. The molecule has 2 aliphatic rings. The van der Waals surface area contributed by atoms with Crippen molar-refractivity contribution in [3.05, 3.63) is 47.5 Å². The van der Waals surface area contributed by atoms with Crippen molar-refractivity contribution in [3.63, 3.8) is 0 Å². The summed E-state index contributed by atoms with van der Waals surface area (Å²) >= 11 is 1.93. The van der Waals surface area contributed by atoms with Crippen molar-refractivity contribution in [1.29, 1.82) is 0 Å². The molecule has 1 unspecified atom stereocenters. The van der Waals surface area contributed by atoms with Crippen molar-refractivity contribution in [2.45, 2.75) is 30.8 Å². The number of rotatable bonds is 4. The number of amides is 1. The summed E-state index contributed by atoms with van der Waals surface area (Å²) in [6.45, 7) is 4.12. The van der Waals surface area contributed by atoms with E-state index in [1.807, 2.05) is 48.8 Å². The van der Waals surface area contributed by atoms with Gasteiger partial charge in [-0.3, -0.25) is 14.5 Å². The van der Waals surface area contributed by atoms with E-state index in [-0.39, 0.29) is 16.8 Å². The fourth-order valence-corrected chi connectivity index (χ4v) is 5.05. The molecule has 2 saturated heterocycles. The molecular weight excluding hydrogens is 336 g/mol. The second-order valence-corrected chi connectivity index (χ2v) is 8.43. The third-order valence-corrected chi connectivity index (χ3v) is 6.34. The molecule has 25 heavy (non-hydrogen) atoms. The van der Waals surface area contributed by atoms with Gasteiger partial charge in [-0.1, -0.05) is 6.07 Å². The Kier molecular flexibility index (Phi) is 4.29. The summed E-state index contributed by atoms with van der Waals surface area (Å²) in [6.07, 6.45) is 3.03. The van der Waals surface area contributed by atoms with Gasteiger partial charge in [-0.05, 0) is 31.5 Å². The first kappa shape index (κ1) is 16.6. The maximum absolute atomic E-state index is 12.4. The molecule has 0 aliphatic carbocycles. The molecule has 2 aromatic rings. The monoisotopic (exact) mass is 358 g/mol. The molecule has 4 rings (SSSR count). The van der Waals surface area contributed by atoms with E-state index in [1.54, 1.807) is 16.9 Å². The quantitative estimate of drug-likeness (QED) is 0.837. The van der Waals surface area contributed by atoms with Crippen molar-refractivity contribution in [1.82, 2.24) is 19.7 Å². The lowest BCUT2D eigenvalue weighted by Crippen LogP contribution is -2.60. The first-order valence-corrected chi connectivity index (χ1v) is 9.49. The van der Waals surface area contributed by atoms with Gasteiger partial charge in [0.1, 0.15) is 5.69 Å². The second kappa shape index (κ2) is 6.46. The van der Waals surface area contributed by atoms with Gasteiger partial charge in [0.25, 0.3) is 5.91 Å². The Morgan fingerprint density at radius 1 is 1.40 bits per heavy atom. The molecule has 7 heteroatoms. The number of hydrogen-bond donors (Lipinski definition) is 0. The smallest absolute Gasteiger partial charge is 0.274 e. The molecule has 0 radical (unpaired) electrons. The molecule has 0 bridgehead atoms. The predicted molar refractivity (Wildman–Crippen MR) is 96.5 cm³/mol. The van der Waals surface area contributed by atoms with Gasteiger partial charge in [-0.25, -0.2) is 0 Å². The van der Waals surface area contributed by atoms with Gasteiger partial charge in [-0.2, -0.15) is 5.10 Å². The first-order chi connectivity index (χ1) is 12.0. The topological polar surface area (TPSA) is 60.2 Å². The minimum absolute atomic E-state index is 0.0279. The number of hydrogen-bond acceptors (Lipinski definition) is 5. The van der Waals surface area contributed by atoms with Crippen LogP contribution in [-0.4, -0.2) is 55.3 Å². The summed E-state index contributed by atoms with van der Waals surface area (Å²) in [5.74, 6) is 1.01. The molecule has 2 aliphatic heterocycles. The number of aromatic nitrogens is 3. The Labute approximate surface area is 151 Å². The zero-order chi connectivity index (χ0) is 17.4. The maximum atomic E-state index is 12.4. The fourth-order valence-electron chi connectivity index (χ4n) is 3.50. The molecular formula is C18H22N4O2S. The average molecular weight is 358 g/mol. The van der Waals surface area contributed by atoms with E-state index < -0.39 is 0 Å². The number of likely N-dealkylation sites (tertiary alicyclic amines) is 1. The highest BCUT2D eigenvalue weighted by atomic mass is 32.2. The summed E-state index contributed by atoms with van der Waals surface area (Å²) < 4.78 is 7.88. The molecule has 2 aromatic heterocycles. The SMILES string of the molecule is Cc1cccc(COC2CSC3(C2)CN(C(=O)c2ccn(C)n2)C3)n1. The van der Waals surface area contributed by atoms with Gasteiger partial charge in [0, 0.05) is 37.8 Å². The average Bonchev–Trinajstić information content (AvgIpc) is 3.18. The Bertz CT molecular complexity index is 785. The van der Waals surface area contributed by atoms with Crippen LogP contribution in [0.25, 0.3) is 0 Å². The Morgan fingerprint density at radius 2 is 2.24 bits per heavy atom. The van der Waals surface area contributed by atoms with Crippen LogP contribution in [0, 0.1) is 6.92 Å². The van der Waals surface area contributed by atoms with Crippen LogP contribution in [-0.2, 0) is 18.4 Å². The van der Waals surface area contributed by atoms with Crippen molar-refractivity contribution in [2.75, 3.05) is 18.8 Å². The number of carbonyl (C=O) groups is 1. The van der Waals surface area contributed by atoms with E-state index in [0.29, 0.717) is 12.3 Å². The van der Waals surface area contributed by atoms with Crippen molar-refractivity contribution >= 4 is 17.7 Å². The first-order valence-electron chi connectivity index (χ1n) is 8.50. The third-order valence-electron chi connectivity index (χ3n) is 4.77. The van der Waals surface area contributed by atoms with Crippen LogP contribution in [0.1, 0.15) is 28.3 Å². The minimum atomic E-state index is 0.0279. The molecule has 0 saturated carbocycles. The Hall–Kier alpha value is -1.86. The lowest BCUT2D eigenvalue weighted by Gasteiger charge is -2.47. The number of aryl methyl sites for hydroxylation is 2. The zero-order valence-electron chi connectivity index (χ0n) is 14.5. The minimum Gasteiger partial charge on any atom is -0.371 e. The number of ether oxygens (including phenoxy) is 1. The molecule has 0 N–H and O–H groups in total. The third kappa shape index (κ3) is 3.43. The molecule has 4 heterocycles. The van der Waals surface area contributed by atoms with E-state index in [4.69, 9.17) is 4.74 Å². The largest absolute Gasteiger partial charge is 0.371 e. The van der Waals surface area contributed by atoms with E-state index in [1.165, 1.54) is 0 Å². The lowest BCUT2D eigenvalue weighted by molar-refractivity contribution is 0.0242. The summed E-state index contributed by atoms with van der Waals surface area (Å²) in [4.78, 5) is 18.8. The second-order valence-electron chi connectivity index (χ2n) is 6.94. The predicted octanol–water partition coefficient (Wildman–Crippen LogP) is 2.04. The summed E-state index contributed by atoms with van der Waals surface area (Å²) in [6, 6.07) is 7.78. The molecule has 132 valence electrons. The van der Waals surface area contributed by atoms with Gasteiger partial charge in [-0.15, -0.1) is 11.8 Å². The summed E-state index contributed by atoms with van der Waals surface area (Å²) in [7, 11) is 1.83. The number of nitrogens with zero attached hydrogens (tertiary/aromatic N) is 4. The molecule has 6 nitrogen and oxygen atoms in total. The normalized spacial score (nSPS) is 21.5. The highest BCUT2D eigenvalue weighted by Crippen LogP contribution is 2.46. The fraction of sp³-hybridized carbons (Fsp3) is 0.500. The van der Waals surface area contributed by atoms with Crippen molar-refractivity contribution in [2.24, 2.45) is 7.05 Å². The van der Waals surface area contributed by atoms with Crippen molar-refractivity contribution < 1.29 is 9.53 Å². The molecule has 1 spiro atoms. The Balaban J connectivity index is 1.28. The van der Waals surface area contributed by atoms with Crippen LogP contribution >= 0.6 is 11.8 Å². The summed E-state index contributed by atoms with van der Waals surface area (Å²) in [5, 5.41) is 4.20. The van der Waals surface area contributed by atoms with E-state index in [9.17, 15) is 4.79 Å². The van der Waals surface area contributed by atoms with E-state index in [0.717, 1.165) is 36.7 Å². The molecule has 0 aromatic carbocycles. The standard InChI is InChI=1S/C18H22N4O2S/c1-13-4-3-5-14(19-13)9-24-15-8-18(25-10-15)11-22(12-18)17(23)16-6-7-21(2)20-16/h3-7,15H,8-12H2,1-2H3. The van der Waals surface area contributed by atoms with Gasteiger partial charge in [0.2, 0.25) is 0 Å². The summed E-state index contributed by atoms with van der Waals surface area (Å²) in [5.41, 5.74) is 2.52.